The predicted octanol–water partition coefficient (Wildman–Crippen LogP) is 4.76. The van der Waals surface area contributed by atoms with Crippen molar-refractivity contribution in [3.63, 3.8) is 0 Å². The van der Waals surface area contributed by atoms with Crippen molar-refractivity contribution in [3.05, 3.63) is 52.3 Å². The average Bonchev–Trinajstić information content (AvgIpc) is 2.70. The minimum atomic E-state index is -3.69. The van der Waals surface area contributed by atoms with Gasteiger partial charge in [-0.05, 0) is 49.2 Å². The summed E-state index contributed by atoms with van der Waals surface area (Å²) in [6.45, 7) is -0.374. The number of amides is 1. The normalized spacial score (nSPS) is 15.0. The van der Waals surface area contributed by atoms with Crippen LogP contribution in [0.5, 0.6) is 5.75 Å². The molecule has 0 atom stereocenters. The summed E-state index contributed by atoms with van der Waals surface area (Å²) < 4.78 is 46.4. The Hall–Kier alpha value is -1.87. The van der Waals surface area contributed by atoms with E-state index in [2.05, 4.69) is 10.0 Å². The largest absolute Gasteiger partial charge is 0.482 e. The molecule has 1 aliphatic rings. The fraction of sp³-hybridized carbons (Fsp3) is 0.350. The number of ether oxygens (including phenoxy) is 1. The molecule has 2 N–H and O–H groups in total. The van der Waals surface area contributed by atoms with E-state index in [4.69, 9.17) is 27.9 Å². The monoisotopic (exact) mass is 474 g/mol. The highest BCUT2D eigenvalue weighted by Gasteiger charge is 2.22. The maximum atomic E-state index is 13.2. The third-order valence-corrected chi connectivity index (χ3v) is 6.81. The highest BCUT2D eigenvalue weighted by Crippen LogP contribution is 2.28. The number of hydrogen-bond acceptors (Lipinski definition) is 4. The van der Waals surface area contributed by atoms with Gasteiger partial charge in [-0.3, -0.25) is 4.79 Å². The topological polar surface area (TPSA) is 84.5 Å². The first kappa shape index (κ1) is 22.8. The minimum Gasteiger partial charge on any atom is -0.482 e. The lowest BCUT2D eigenvalue weighted by Crippen LogP contribution is -2.36. The second kappa shape index (κ2) is 9.96. The van der Waals surface area contributed by atoms with Crippen LogP contribution in [-0.4, -0.2) is 27.0 Å². The number of nitrogens with one attached hydrogen (secondary N) is 2. The van der Waals surface area contributed by atoms with Gasteiger partial charge in [-0.1, -0.05) is 42.5 Å². The summed E-state index contributed by atoms with van der Waals surface area (Å²) in [6, 6.07) is 7.79. The third-order valence-electron chi connectivity index (χ3n) is 4.70. The Labute approximate surface area is 184 Å². The van der Waals surface area contributed by atoms with Crippen molar-refractivity contribution < 1.29 is 22.3 Å². The maximum Gasteiger partial charge on any atom is 0.262 e. The summed E-state index contributed by atoms with van der Waals surface area (Å²) in [7, 11) is -3.69. The zero-order valence-electron chi connectivity index (χ0n) is 16.0. The Kier molecular flexibility index (Phi) is 7.57. The van der Waals surface area contributed by atoms with Gasteiger partial charge in [0.2, 0.25) is 10.0 Å². The van der Waals surface area contributed by atoms with Gasteiger partial charge in [0, 0.05) is 11.7 Å². The third kappa shape index (κ3) is 6.07. The second-order valence-corrected chi connectivity index (χ2v) is 9.54. The molecule has 1 aliphatic carbocycles. The van der Waals surface area contributed by atoms with E-state index < -0.39 is 21.7 Å². The van der Waals surface area contributed by atoms with Crippen LogP contribution in [0.2, 0.25) is 10.0 Å². The molecule has 0 unspecified atom stereocenters. The van der Waals surface area contributed by atoms with Gasteiger partial charge in [-0.25, -0.2) is 17.5 Å². The first-order valence-corrected chi connectivity index (χ1v) is 11.7. The van der Waals surface area contributed by atoms with Crippen molar-refractivity contribution in [2.24, 2.45) is 0 Å². The van der Waals surface area contributed by atoms with Gasteiger partial charge in [0.1, 0.15) is 11.6 Å². The van der Waals surface area contributed by atoms with Crippen molar-refractivity contribution in [2.75, 3.05) is 11.9 Å². The van der Waals surface area contributed by atoms with Crippen LogP contribution < -0.4 is 14.8 Å². The van der Waals surface area contributed by atoms with Gasteiger partial charge in [-0.15, -0.1) is 0 Å². The van der Waals surface area contributed by atoms with Crippen LogP contribution in [-0.2, 0) is 14.8 Å². The number of carbonyl (C=O) groups is 1. The molecule has 30 heavy (non-hydrogen) atoms. The molecule has 0 aliphatic heterocycles. The lowest BCUT2D eigenvalue weighted by molar-refractivity contribution is -0.118. The van der Waals surface area contributed by atoms with Gasteiger partial charge < -0.3 is 10.1 Å². The van der Waals surface area contributed by atoms with E-state index in [1.54, 1.807) is 0 Å². The number of anilines is 1. The van der Waals surface area contributed by atoms with Crippen molar-refractivity contribution in [2.45, 2.75) is 43.0 Å². The van der Waals surface area contributed by atoms with Crippen LogP contribution in [0.15, 0.2) is 41.3 Å². The highest BCUT2D eigenvalue weighted by molar-refractivity contribution is 7.89. The first-order valence-electron chi connectivity index (χ1n) is 9.44. The van der Waals surface area contributed by atoms with Crippen LogP contribution in [0.4, 0.5) is 10.1 Å². The quantitative estimate of drug-likeness (QED) is 0.605. The van der Waals surface area contributed by atoms with Crippen molar-refractivity contribution in [1.82, 2.24) is 4.72 Å². The zero-order chi connectivity index (χ0) is 21.7. The molecule has 0 spiro atoms. The van der Waals surface area contributed by atoms with E-state index in [0.717, 1.165) is 38.2 Å². The average molecular weight is 475 g/mol. The van der Waals surface area contributed by atoms with Gasteiger partial charge in [0.25, 0.3) is 5.91 Å². The van der Waals surface area contributed by atoms with Crippen LogP contribution >= 0.6 is 23.2 Å². The number of halogens is 3. The molecule has 162 valence electrons. The fourth-order valence-corrected chi connectivity index (χ4v) is 5.00. The predicted molar refractivity (Wildman–Crippen MR) is 114 cm³/mol. The van der Waals surface area contributed by atoms with E-state index in [0.29, 0.717) is 5.69 Å². The smallest absolute Gasteiger partial charge is 0.262 e. The van der Waals surface area contributed by atoms with Crippen molar-refractivity contribution in [1.29, 1.82) is 0 Å². The van der Waals surface area contributed by atoms with Gasteiger partial charge >= 0.3 is 0 Å². The van der Waals surface area contributed by atoms with E-state index in [-0.39, 0.29) is 33.3 Å². The van der Waals surface area contributed by atoms with Gasteiger partial charge in [-0.2, -0.15) is 0 Å². The number of rotatable bonds is 7. The molecule has 6 nitrogen and oxygen atoms in total. The van der Waals surface area contributed by atoms with Crippen molar-refractivity contribution >= 4 is 44.8 Å². The summed E-state index contributed by atoms with van der Waals surface area (Å²) in [6.07, 6.45) is 4.78. The number of hydrogen-bond donors (Lipinski definition) is 2. The summed E-state index contributed by atoms with van der Waals surface area (Å²) in [5, 5.41) is 2.47. The molecule has 3 rings (SSSR count). The molecule has 0 aromatic heterocycles. The molecule has 2 aromatic rings. The molecular formula is C20H21Cl2FN2O4S. The Bertz CT molecular complexity index is 1030. The SMILES string of the molecule is O=C(COc1ccc(S(=O)(=O)NC2CCCCC2)cc1Cl)Nc1ccc(F)c(Cl)c1. The zero-order valence-corrected chi connectivity index (χ0v) is 18.3. The van der Waals surface area contributed by atoms with Crippen LogP contribution in [0.1, 0.15) is 32.1 Å². The number of carbonyl (C=O) groups excluding carboxylic acids is 1. The highest BCUT2D eigenvalue weighted by atomic mass is 35.5. The van der Waals surface area contributed by atoms with E-state index in [1.165, 1.54) is 30.3 Å². The Morgan fingerprint density at radius 1 is 1.07 bits per heavy atom. The fourth-order valence-electron chi connectivity index (χ4n) is 3.19. The van der Waals surface area contributed by atoms with E-state index in [9.17, 15) is 17.6 Å². The lowest BCUT2D eigenvalue weighted by atomic mass is 9.96. The Morgan fingerprint density at radius 3 is 2.47 bits per heavy atom. The summed E-state index contributed by atoms with van der Waals surface area (Å²) in [5.74, 6) is -0.935. The minimum absolute atomic E-state index is 0.0378. The lowest BCUT2D eigenvalue weighted by Gasteiger charge is -2.22. The summed E-state index contributed by atoms with van der Waals surface area (Å²) >= 11 is 11.8. The molecular weight excluding hydrogens is 454 g/mol. The molecule has 0 bridgehead atoms. The number of sulfonamides is 1. The first-order chi connectivity index (χ1) is 14.2. The van der Waals surface area contributed by atoms with E-state index >= 15 is 0 Å². The summed E-state index contributed by atoms with van der Waals surface area (Å²) in [4.78, 5) is 12.1. The van der Waals surface area contributed by atoms with Crippen LogP contribution in [0, 0.1) is 5.82 Å². The standard InChI is InChI=1S/C20H21Cl2FN2O4S/c21-16-10-14(6-8-18(16)23)24-20(26)12-29-19-9-7-15(11-17(19)22)30(27,28)25-13-4-2-1-3-5-13/h6-11,13,25H,1-5,12H2,(H,24,26). The molecule has 10 heteroatoms. The second-order valence-electron chi connectivity index (χ2n) is 7.01. The van der Waals surface area contributed by atoms with Gasteiger partial charge in [0.05, 0.1) is 14.9 Å². The van der Waals surface area contributed by atoms with Crippen LogP contribution in [0.25, 0.3) is 0 Å². The Balaban J connectivity index is 1.59. The molecule has 0 saturated heterocycles. The van der Waals surface area contributed by atoms with Crippen LogP contribution in [0.3, 0.4) is 0 Å². The number of benzene rings is 2. The molecule has 1 amide bonds. The summed E-state index contributed by atoms with van der Waals surface area (Å²) in [5.41, 5.74) is 0.316. The molecule has 1 fully saturated rings. The molecule has 0 radical (unpaired) electrons. The van der Waals surface area contributed by atoms with Crippen molar-refractivity contribution in [3.8, 4) is 5.75 Å². The Morgan fingerprint density at radius 2 is 1.80 bits per heavy atom. The van der Waals surface area contributed by atoms with E-state index in [1.807, 2.05) is 0 Å². The molecule has 0 heterocycles. The maximum absolute atomic E-state index is 13.2. The van der Waals surface area contributed by atoms with Gasteiger partial charge in [0.15, 0.2) is 6.61 Å². The molecule has 1 saturated carbocycles. The molecule has 2 aromatic carbocycles.